The molecule has 5 nitrogen and oxygen atoms in total. The van der Waals surface area contributed by atoms with Gasteiger partial charge in [-0.15, -0.1) is 0 Å². The van der Waals surface area contributed by atoms with Gasteiger partial charge in [0.2, 0.25) is 5.88 Å². The first-order chi connectivity index (χ1) is 8.29. The molecule has 17 heavy (non-hydrogen) atoms. The standard InChI is InChI=1S/C12H14N4O/c1-17-12-3-2-9(7-16-12)6-10(13)11-8-14-4-5-15-11/h2-5,7-8,10H,6,13H2,1H3. The summed E-state index contributed by atoms with van der Waals surface area (Å²) >= 11 is 0. The SMILES string of the molecule is COc1ccc(CC(N)c2cnccn2)cn1. The Kier molecular flexibility index (Phi) is 3.62. The molecule has 2 aromatic rings. The van der Waals surface area contributed by atoms with E-state index in [9.17, 15) is 0 Å². The van der Waals surface area contributed by atoms with E-state index < -0.39 is 0 Å². The second kappa shape index (κ2) is 5.36. The van der Waals surface area contributed by atoms with Gasteiger partial charge < -0.3 is 10.5 Å². The molecule has 88 valence electrons. The van der Waals surface area contributed by atoms with Crippen LogP contribution in [0.2, 0.25) is 0 Å². The fourth-order valence-electron chi connectivity index (χ4n) is 1.51. The van der Waals surface area contributed by atoms with Crippen LogP contribution in [0.1, 0.15) is 17.3 Å². The number of rotatable bonds is 4. The fourth-order valence-corrected chi connectivity index (χ4v) is 1.51. The van der Waals surface area contributed by atoms with Crippen molar-refractivity contribution in [2.24, 2.45) is 5.73 Å². The van der Waals surface area contributed by atoms with Crippen molar-refractivity contribution in [1.82, 2.24) is 15.0 Å². The van der Waals surface area contributed by atoms with Gasteiger partial charge in [0.1, 0.15) is 0 Å². The Labute approximate surface area is 99.7 Å². The number of nitrogens with zero attached hydrogens (tertiary/aromatic N) is 3. The molecule has 2 heterocycles. The number of methoxy groups -OCH3 is 1. The van der Waals surface area contributed by atoms with Crippen LogP contribution in [-0.2, 0) is 6.42 Å². The van der Waals surface area contributed by atoms with Crippen LogP contribution in [0, 0.1) is 0 Å². The highest BCUT2D eigenvalue weighted by atomic mass is 16.5. The minimum atomic E-state index is -0.168. The summed E-state index contributed by atoms with van der Waals surface area (Å²) in [4.78, 5) is 12.3. The van der Waals surface area contributed by atoms with Crippen LogP contribution in [0.3, 0.4) is 0 Å². The lowest BCUT2D eigenvalue weighted by Crippen LogP contribution is -2.15. The summed E-state index contributed by atoms with van der Waals surface area (Å²) < 4.78 is 4.99. The minimum absolute atomic E-state index is 0.168. The van der Waals surface area contributed by atoms with Gasteiger partial charge in [-0.2, -0.15) is 0 Å². The van der Waals surface area contributed by atoms with Crippen molar-refractivity contribution in [3.63, 3.8) is 0 Å². The molecule has 2 N–H and O–H groups in total. The van der Waals surface area contributed by atoms with E-state index in [1.54, 1.807) is 31.9 Å². The van der Waals surface area contributed by atoms with Crippen LogP contribution < -0.4 is 10.5 Å². The summed E-state index contributed by atoms with van der Waals surface area (Å²) in [6.07, 6.45) is 7.39. The molecule has 0 spiro atoms. The van der Waals surface area contributed by atoms with Crippen LogP contribution >= 0.6 is 0 Å². The van der Waals surface area contributed by atoms with Crippen LogP contribution in [0.25, 0.3) is 0 Å². The maximum atomic E-state index is 6.04. The van der Waals surface area contributed by atoms with Gasteiger partial charge in [-0.3, -0.25) is 9.97 Å². The Morgan fingerprint density at radius 1 is 1.24 bits per heavy atom. The molecule has 0 bridgehead atoms. The zero-order chi connectivity index (χ0) is 12.1. The molecule has 0 saturated heterocycles. The summed E-state index contributed by atoms with van der Waals surface area (Å²) in [5, 5.41) is 0. The first-order valence-electron chi connectivity index (χ1n) is 5.30. The predicted molar refractivity (Wildman–Crippen MR) is 63.5 cm³/mol. The Morgan fingerprint density at radius 3 is 2.71 bits per heavy atom. The average molecular weight is 230 g/mol. The van der Waals surface area contributed by atoms with E-state index in [0.29, 0.717) is 12.3 Å². The number of aromatic nitrogens is 3. The van der Waals surface area contributed by atoms with Crippen molar-refractivity contribution in [2.75, 3.05) is 7.11 Å². The average Bonchev–Trinajstić information content (AvgIpc) is 2.40. The molecule has 1 atom stereocenters. The third kappa shape index (κ3) is 2.98. The highest BCUT2D eigenvalue weighted by Gasteiger charge is 2.08. The Balaban J connectivity index is 2.05. The van der Waals surface area contributed by atoms with Gasteiger partial charge in [-0.05, 0) is 12.0 Å². The lowest BCUT2D eigenvalue weighted by molar-refractivity contribution is 0.397. The van der Waals surface area contributed by atoms with E-state index in [4.69, 9.17) is 10.5 Å². The number of hydrogen-bond donors (Lipinski definition) is 1. The van der Waals surface area contributed by atoms with Crippen LogP contribution in [0.4, 0.5) is 0 Å². The zero-order valence-corrected chi connectivity index (χ0v) is 9.58. The minimum Gasteiger partial charge on any atom is -0.481 e. The van der Waals surface area contributed by atoms with Gasteiger partial charge in [0.05, 0.1) is 18.8 Å². The van der Waals surface area contributed by atoms with Crippen molar-refractivity contribution in [2.45, 2.75) is 12.5 Å². The lowest BCUT2D eigenvalue weighted by atomic mass is 10.1. The summed E-state index contributed by atoms with van der Waals surface area (Å²) in [5.74, 6) is 0.599. The molecule has 0 amide bonds. The highest BCUT2D eigenvalue weighted by Crippen LogP contribution is 2.14. The Hall–Kier alpha value is -2.01. The van der Waals surface area contributed by atoms with Crippen molar-refractivity contribution in [1.29, 1.82) is 0 Å². The van der Waals surface area contributed by atoms with E-state index in [0.717, 1.165) is 11.3 Å². The van der Waals surface area contributed by atoms with Crippen molar-refractivity contribution >= 4 is 0 Å². The number of hydrogen-bond acceptors (Lipinski definition) is 5. The molecule has 5 heteroatoms. The molecular weight excluding hydrogens is 216 g/mol. The van der Waals surface area contributed by atoms with Gasteiger partial charge in [0, 0.05) is 30.9 Å². The number of ether oxygens (including phenoxy) is 1. The van der Waals surface area contributed by atoms with Crippen molar-refractivity contribution in [3.8, 4) is 5.88 Å². The van der Waals surface area contributed by atoms with E-state index in [-0.39, 0.29) is 6.04 Å². The third-order valence-corrected chi connectivity index (χ3v) is 2.43. The molecule has 0 aliphatic rings. The van der Waals surface area contributed by atoms with Crippen LogP contribution in [0.15, 0.2) is 36.9 Å². The molecular formula is C12H14N4O. The molecule has 0 aromatic carbocycles. The molecule has 1 unspecified atom stereocenters. The Bertz CT molecular complexity index is 458. The number of pyridine rings is 1. The third-order valence-electron chi connectivity index (χ3n) is 2.43. The predicted octanol–water partition coefficient (Wildman–Crippen LogP) is 1.12. The van der Waals surface area contributed by atoms with Gasteiger partial charge in [-0.1, -0.05) is 6.07 Å². The maximum Gasteiger partial charge on any atom is 0.212 e. The molecule has 0 aliphatic heterocycles. The van der Waals surface area contributed by atoms with Gasteiger partial charge >= 0.3 is 0 Å². The summed E-state index contributed by atoms with van der Waals surface area (Å²) in [5.41, 5.74) is 7.86. The van der Waals surface area contributed by atoms with Gasteiger partial charge in [-0.25, -0.2) is 4.98 Å². The summed E-state index contributed by atoms with van der Waals surface area (Å²) in [6.45, 7) is 0. The van der Waals surface area contributed by atoms with E-state index in [2.05, 4.69) is 15.0 Å². The summed E-state index contributed by atoms with van der Waals surface area (Å²) in [6, 6.07) is 3.60. The topological polar surface area (TPSA) is 73.9 Å². The molecule has 0 radical (unpaired) electrons. The molecule has 2 aromatic heterocycles. The van der Waals surface area contributed by atoms with Gasteiger partial charge in [0.25, 0.3) is 0 Å². The van der Waals surface area contributed by atoms with E-state index in [1.165, 1.54) is 0 Å². The molecule has 0 fully saturated rings. The highest BCUT2D eigenvalue weighted by molar-refractivity contribution is 5.20. The van der Waals surface area contributed by atoms with Gasteiger partial charge in [0.15, 0.2) is 0 Å². The summed E-state index contributed by atoms with van der Waals surface area (Å²) in [7, 11) is 1.59. The second-order valence-corrected chi connectivity index (χ2v) is 3.65. The van der Waals surface area contributed by atoms with Crippen molar-refractivity contribution in [3.05, 3.63) is 48.2 Å². The normalized spacial score (nSPS) is 12.1. The zero-order valence-electron chi connectivity index (χ0n) is 9.58. The Morgan fingerprint density at radius 2 is 2.12 bits per heavy atom. The quantitative estimate of drug-likeness (QED) is 0.852. The maximum absolute atomic E-state index is 6.04. The molecule has 0 saturated carbocycles. The second-order valence-electron chi connectivity index (χ2n) is 3.65. The van der Waals surface area contributed by atoms with Crippen LogP contribution in [0.5, 0.6) is 5.88 Å². The molecule has 0 aliphatic carbocycles. The van der Waals surface area contributed by atoms with E-state index in [1.807, 2.05) is 12.1 Å². The number of nitrogens with two attached hydrogens (primary N) is 1. The first kappa shape index (κ1) is 11.5. The van der Waals surface area contributed by atoms with Crippen LogP contribution in [-0.4, -0.2) is 22.1 Å². The monoisotopic (exact) mass is 230 g/mol. The molecule has 2 rings (SSSR count). The van der Waals surface area contributed by atoms with E-state index >= 15 is 0 Å². The largest absolute Gasteiger partial charge is 0.481 e. The fraction of sp³-hybridized carbons (Fsp3) is 0.250. The lowest BCUT2D eigenvalue weighted by Gasteiger charge is -2.10. The van der Waals surface area contributed by atoms with Crippen molar-refractivity contribution < 1.29 is 4.74 Å². The smallest absolute Gasteiger partial charge is 0.212 e. The first-order valence-corrected chi connectivity index (χ1v) is 5.30.